The number of aryl methyl sites for hydroxylation is 2. The number of amides is 2. The Morgan fingerprint density at radius 3 is 2.07 bits per heavy atom. The van der Waals surface area contributed by atoms with E-state index in [-0.39, 0.29) is 23.4 Å². The van der Waals surface area contributed by atoms with Gasteiger partial charge < -0.3 is 10.2 Å². The highest BCUT2D eigenvalue weighted by molar-refractivity contribution is 7.92. The summed E-state index contributed by atoms with van der Waals surface area (Å²) < 4.78 is 29.0. The highest BCUT2D eigenvalue weighted by Crippen LogP contribution is 2.26. The number of anilines is 1. The van der Waals surface area contributed by atoms with E-state index in [9.17, 15) is 18.0 Å². The van der Waals surface area contributed by atoms with Crippen LogP contribution in [0.25, 0.3) is 0 Å². The van der Waals surface area contributed by atoms with Crippen LogP contribution in [0.4, 0.5) is 5.69 Å². The van der Waals surface area contributed by atoms with Gasteiger partial charge in [0.15, 0.2) is 0 Å². The third kappa shape index (κ3) is 7.55. The molecule has 1 N–H and O–H groups in total. The van der Waals surface area contributed by atoms with E-state index in [0.29, 0.717) is 12.1 Å². The van der Waals surface area contributed by atoms with Gasteiger partial charge in [-0.1, -0.05) is 86.8 Å². The van der Waals surface area contributed by atoms with Crippen LogP contribution in [-0.4, -0.2) is 43.8 Å². The molecule has 2 amide bonds. The Hall–Kier alpha value is -3.65. The van der Waals surface area contributed by atoms with E-state index in [1.807, 2.05) is 57.2 Å². The predicted molar refractivity (Wildman–Crippen MR) is 163 cm³/mol. The minimum atomic E-state index is -4.07. The monoisotopic (exact) mass is 575 g/mol. The van der Waals surface area contributed by atoms with Crippen molar-refractivity contribution < 1.29 is 18.0 Å². The van der Waals surface area contributed by atoms with Crippen molar-refractivity contribution in [2.24, 2.45) is 0 Å². The Balaban J connectivity index is 1.70. The smallest absolute Gasteiger partial charge is 0.264 e. The Bertz CT molecular complexity index is 1400. The van der Waals surface area contributed by atoms with E-state index in [1.165, 1.54) is 12.1 Å². The summed E-state index contributed by atoms with van der Waals surface area (Å²) in [7, 11) is -4.07. The molecule has 1 atom stereocenters. The van der Waals surface area contributed by atoms with Crippen molar-refractivity contribution in [3.63, 3.8) is 0 Å². The fraction of sp³-hybridized carbons (Fsp3) is 0.394. The van der Waals surface area contributed by atoms with E-state index in [2.05, 4.69) is 5.32 Å². The molecule has 0 bridgehead atoms. The zero-order valence-electron chi connectivity index (χ0n) is 24.3. The molecule has 1 aliphatic rings. The molecule has 0 aromatic heterocycles. The van der Waals surface area contributed by atoms with Crippen LogP contribution >= 0.6 is 0 Å². The van der Waals surface area contributed by atoms with Crippen LogP contribution in [0, 0.1) is 6.92 Å². The van der Waals surface area contributed by atoms with E-state index in [4.69, 9.17) is 0 Å². The number of carbonyl (C=O) groups is 2. The molecule has 41 heavy (non-hydrogen) atoms. The second-order valence-electron chi connectivity index (χ2n) is 10.8. The molecule has 8 heteroatoms. The highest BCUT2D eigenvalue weighted by atomic mass is 32.2. The molecule has 0 spiro atoms. The molecule has 0 heterocycles. The van der Waals surface area contributed by atoms with Gasteiger partial charge in [0.1, 0.15) is 12.6 Å². The van der Waals surface area contributed by atoms with Crippen molar-refractivity contribution in [1.29, 1.82) is 0 Å². The molecule has 7 nitrogen and oxygen atoms in total. The fourth-order valence-electron chi connectivity index (χ4n) is 5.32. The van der Waals surface area contributed by atoms with Gasteiger partial charge in [0.25, 0.3) is 10.0 Å². The van der Waals surface area contributed by atoms with Crippen molar-refractivity contribution in [3.8, 4) is 0 Å². The van der Waals surface area contributed by atoms with Gasteiger partial charge in [-0.25, -0.2) is 8.42 Å². The van der Waals surface area contributed by atoms with Gasteiger partial charge in [-0.3, -0.25) is 13.9 Å². The van der Waals surface area contributed by atoms with Gasteiger partial charge in [-0.2, -0.15) is 0 Å². The summed E-state index contributed by atoms with van der Waals surface area (Å²) in [4.78, 5) is 29.4. The van der Waals surface area contributed by atoms with Crippen molar-refractivity contribution in [2.75, 3.05) is 10.8 Å². The first kappa shape index (κ1) is 30.3. The van der Waals surface area contributed by atoms with Crippen LogP contribution in [0.2, 0.25) is 0 Å². The molecule has 1 unspecified atom stereocenters. The van der Waals surface area contributed by atoms with Crippen molar-refractivity contribution >= 4 is 27.5 Å². The lowest BCUT2D eigenvalue weighted by Crippen LogP contribution is -2.53. The Labute approximate surface area is 244 Å². The molecule has 1 aliphatic carbocycles. The number of rotatable bonds is 12. The lowest BCUT2D eigenvalue weighted by molar-refractivity contribution is -0.140. The molecular formula is C33H41N3O4S. The first-order chi connectivity index (χ1) is 19.7. The normalized spacial score (nSPS) is 14.4. The summed E-state index contributed by atoms with van der Waals surface area (Å²) in [6, 6.07) is 22.6. The summed E-state index contributed by atoms with van der Waals surface area (Å²) in [5, 5.41) is 3.15. The second-order valence-corrected chi connectivity index (χ2v) is 12.6. The number of benzene rings is 3. The number of nitrogens with zero attached hydrogens (tertiary/aromatic N) is 2. The molecule has 3 aromatic carbocycles. The molecule has 218 valence electrons. The van der Waals surface area contributed by atoms with Crippen LogP contribution in [0.1, 0.15) is 62.6 Å². The van der Waals surface area contributed by atoms with Gasteiger partial charge >= 0.3 is 0 Å². The van der Waals surface area contributed by atoms with Gasteiger partial charge in [-0.15, -0.1) is 0 Å². The fourth-order valence-corrected chi connectivity index (χ4v) is 6.76. The number of nitrogens with one attached hydrogen (secondary N) is 1. The molecule has 1 fully saturated rings. The molecule has 1 saturated carbocycles. The van der Waals surface area contributed by atoms with Crippen LogP contribution < -0.4 is 9.62 Å². The number of hydrogen-bond donors (Lipinski definition) is 1. The SMILES string of the molecule is CCc1ccc(N(CC(=O)N(Cc2ccc(C)cc2)C(CC)C(=O)NC2CCCC2)S(=O)(=O)c2ccccc2)cc1. The van der Waals surface area contributed by atoms with Crippen molar-refractivity contribution in [2.45, 2.75) is 82.8 Å². The predicted octanol–water partition coefficient (Wildman–Crippen LogP) is 5.62. The summed E-state index contributed by atoms with van der Waals surface area (Å²) in [5.74, 6) is -0.623. The van der Waals surface area contributed by atoms with Gasteiger partial charge in [-0.05, 0) is 68.0 Å². The van der Waals surface area contributed by atoms with E-state index < -0.39 is 28.5 Å². The molecule has 0 aliphatic heterocycles. The standard InChI is InChI=1S/C33H41N3O4S/c1-4-26-19-21-29(22-20-26)36(41(39,40)30-13-7-6-8-14-30)24-32(37)35(23-27-17-15-25(3)16-18-27)31(5-2)33(38)34-28-11-9-10-12-28/h6-8,13-22,28,31H,4-5,9-12,23-24H2,1-3H3,(H,34,38). The average Bonchev–Trinajstić information content (AvgIpc) is 3.50. The second kappa shape index (κ2) is 13.8. The van der Waals surface area contributed by atoms with Crippen LogP contribution in [-0.2, 0) is 32.6 Å². The lowest BCUT2D eigenvalue weighted by atomic mass is 10.1. The largest absolute Gasteiger partial charge is 0.352 e. The summed E-state index contributed by atoms with van der Waals surface area (Å²) >= 11 is 0. The number of sulfonamides is 1. The third-order valence-corrected chi connectivity index (χ3v) is 9.59. The van der Waals surface area contributed by atoms with Gasteiger partial charge in [0.2, 0.25) is 11.8 Å². The minimum absolute atomic E-state index is 0.100. The average molecular weight is 576 g/mol. The zero-order valence-corrected chi connectivity index (χ0v) is 25.1. The topological polar surface area (TPSA) is 86.8 Å². The number of hydrogen-bond acceptors (Lipinski definition) is 4. The molecule has 4 rings (SSSR count). The molecular weight excluding hydrogens is 534 g/mol. The maximum Gasteiger partial charge on any atom is 0.264 e. The molecule has 0 saturated heterocycles. The van der Waals surface area contributed by atoms with Gasteiger partial charge in [0.05, 0.1) is 10.6 Å². The molecule has 0 radical (unpaired) electrons. The summed E-state index contributed by atoms with van der Waals surface area (Å²) in [5.41, 5.74) is 3.43. The Morgan fingerprint density at radius 1 is 0.878 bits per heavy atom. The van der Waals surface area contributed by atoms with Crippen LogP contribution in [0.5, 0.6) is 0 Å². The summed E-state index contributed by atoms with van der Waals surface area (Å²) in [6.45, 7) is 5.68. The van der Waals surface area contributed by atoms with E-state index >= 15 is 0 Å². The number of carbonyl (C=O) groups excluding carboxylic acids is 2. The van der Waals surface area contributed by atoms with Crippen molar-refractivity contribution in [1.82, 2.24) is 10.2 Å². The maximum absolute atomic E-state index is 14.2. The quantitative estimate of drug-likeness (QED) is 0.304. The van der Waals surface area contributed by atoms with Gasteiger partial charge in [0, 0.05) is 12.6 Å². The zero-order chi connectivity index (χ0) is 29.4. The van der Waals surface area contributed by atoms with E-state index in [0.717, 1.165) is 53.1 Å². The Morgan fingerprint density at radius 2 is 1.49 bits per heavy atom. The lowest BCUT2D eigenvalue weighted by Gasteiger charge is -2.34. The van der Waals surface area contributed by atoms with Crippen LogP contribution in [0.15, 0.2) is 83.8 Å². The third-order valence-electron chi connectivity index (χ3n) is 7.80. The minimum Gasteiger partial charge on any atom is -0.352 e. The Kier molecular flexibility index (Phi) is 10.2. The maximum atomic E-state index is 14.2. The van der Waals surface area contributed by atoms with Crippen LogP contribution in [0.3, 0.4) is 0 Å². The summed E-state index contributed by atoms with van der Waals surface area (Å²) in [6.07, 6.45) is 5.25. The molecule has 3 aromatic rings. The first-order valence-corrected chi connectivity index (χ1v) is 16.0. The highest BCUT2D eigenvalue weighted by Gasteiger charge is 2.34. The van der Waals surface area contributed by atoms with E-state index in [1.54, 1.807) is 35.2 Å². The first-order valence-electron chi connectivity index (χ1n) is 14.5. The van der Waals surface area contributed by atoms with Crippen molar-refractivity contribution in [3.05, 3.63) is 95.6 Å².